The molecule has 4 heteroatoms. The molecule has 3 rings (SSSR count). The summed E-state index contributed by atoms with van der Waals surface area (Å²) in [5.74, 6) is -0.154. The van der Waals surface area contributed by atoms with Crippen LogP contribution in [0.4, 0.5) is 0 Å². The highest BCUT2D eigenvalue weighted by atomic mass is 35.5. The number of rotatable bonds is 10. The van der Waals surface area contributed by atoms with Crippen molar-refractivity contribution in [3.63, 3.8) is 0 Å². The number of aliphatic carboxylic acids is 1. The number of unbranched alkanes of at least 4 members (excludes halogenated alkanes) is 2. The molecule has 3 nitrogen and oxygen atoms in total. The lowest BCUT2D eigenvalue weighted by atomic mass is 9.83. The van der Waals surface area contributed by atoms with Crippen LogP contribution in [0, 0.1) is 0 Å². The van der Waals surface area contributed by atoms with E-state index in [1.807, 2.05) is 12.1 Å². The summed E-state index contributed by atoms with van der Waals surface area (Å²) in [5, 5.41) is 19.4. The number of carboxylic acids is 1. The SMILES string of the molecule is CCCCCC(O)c1ccc(C2CCC(Cl)C2c2ccc(CCC(=O)O)cc2)cc1. The average Bonchev–Trinajstić information content (AvgIpc) is 3.14. The Labute approximate surface area is 185 Å². The minimum Gasteiger partial charge on any atom is -0.481 e. The highest BCUT2D eigenvalue weighted by molar-refractivity contribution is 6.21. The van der Waals surface area contributed by atoms with E-state index in [-0.39, 0.29) is 23.8 Å². The molecule has 0 bridgehead atoms. The standard InChI is InChI=1S/C26H33ClO3/c1-2-3-4-5-24(28)20-13-11-19(12-14-20)22-15-16-23(27)26(22)21-9-6-18(7-10-21)8-17-25(29)30/h6-7,9-14,22-24,26,28H,2-5,8,15-17H2,1H3,(H,29,30). The fourth-order valence-electron chi connectivity index (χ4n) is 4.64. The van der Waals surface area contributed by atoms with E-state index < -0.39 is 5.97 Å². The Morgan fingerprint density at radius 1 is 1.03 bits per heavy atom. The summed E-state index contributed by atoms with van der Waals surface area (Å²) in [4.78, 5) is 10.8. The predicted octanol–water partition coefficient (Wildman–Crippen LogP) is 6.59. The molecule has 1 saturated carbocycles. The van der Waals surface area contributed by atoms with Gasteiger partial charge in [-0.2, -0.15) is 0 Å². The zero-order chi connectivity index (χ0) is 21.5. The van der Waals surface area contributed by atoms with Gasteiger partial charge < -0.3 is 10.2 Å². The van der Waals surface area contributed by atoms with Crippen LogP contribution in [0.25, 0.3) is 0 Å². The Kier molecular flexibility index (Phi) is 8.35. The molecule has 4 atom stereocenters. The second-order valence-corrected chi connectivity index (χ2v) is 9.10. The number of carbonyl (C=O) groups is 1. The van der Waals surface area contributed by atoms with Crippen LogP contribution in [0.1, 0.15) is 92.1 Å². The van der Waals surface area contributed by atoms with Gasteiger partial charge in [0.25, 0.3) is 0 Å². The second-order valence-electron chi connectivity index (χ2n) is 8.54. The maximum Gasteiger partial charge on any atom is 0.303 e. The van der Waals surface area contributed by atoms with Crippen molar-refractivity contribution < 1.29 is 15.0 Å². The summed E-state index contributed by atoms with van der Waals surface area (Å²) in [6.07, 6.45) is 6.55. The van der Waals surface area contributed by atoms with Crippen molar-refractivity contribution in [2.24, 2.45) is 0 Å². The average molecular weight is 429 g/mol. The summed E-state index contributed by atoms with van der Waals surface area (Å²) < 4.78 is 0. The number of benzene rings is 2. The first kappa shape index (κ1) is 22.8. The van der Waals surface area contributed by atoms with Crippen LogP contribution in [0.2, 0.25) is 0 Å². The molecule has 0 aromatic heterocycles. The molecular weight excluding hydrogens is 396 g/mol. The van der Waals surface area contributed by atoms with Crippen LogP contribution in [-0.2, 0) is 11.2 Å². The molecule has 1 aliphatic carbocycles. The van der Waals surface area contributed by atoms with Gasteiger partial charge in [-0.05, 0) is 53.9 Å². The van der Waals surface area contributed by atoms with Crippen molar-refractivity contribution in [3.8, 4) is 0 Å². The molecule has 0 aliphatic heterocycles. The van der Waals surface area contributed by atoms with E-state index >= 15 is 0 Å². The lowest BCUT2D eigenvalue weighted by molar-refractivity contribution is -0.136. The van der Waals surface area contributed by atoms with Crippen LogP contribution in [0.15, 0.2) is 48.5 Å². The van der Waals surface area contributed by atoms with Gasteiger partial charge in [0.2, 0.25) is 0 Å². The van der Waals surface area contributed by atoms with E-state index in [2.05, 4.69) is 43.3 Å². The first-order valence-corrected chi connectivity index (χ1v) is 11.7. The molecule has 162 valence electrons. The lowest BCUT2D eigenvalue weighted by Gasteiger charge is -2.24. The Morgan fingerprint density at radius 2 is 1.70 bits per heavy atom. The maximum absolute atomic E-state index is 10.8. The minimum absolute atomic E-state index is 0.0965. The topological polar surface area (TPSA) is 57.5 Å². The van der Waals surface area contributed by atoms with Crippen LogP contribution in [0.3, 0.4) is 0 Å². The van der Waals surface area contributed by atoms with Crippen molar-refractivity contribution in [1.29, 1.82) is 0 Å². The molecule has 0 saturated heterocycles. The van der Waals surface area contributed by atoms with E-state index in [0.717, 1.165) is 49.7 Å². The first-order chi connectivity index (χ1) is 14.5. The molecule has 4 unspecified atom stereocenters. The summed E-state index contributed by atoms with van der Waals surface area (Å²) in [6.45, 7) is 2.17. The van der Waals surface area contributed by atoms with E-state index in [9.17, 15) is 9.90 Å². The van der Waals surface area contributed by atoms with Crippen molar-refractivity contribution in [2.75, 3.05) is 0 Å². The number of aliphatic hydroxyl groups excluding tert-OH is 1. The Balaban J connectivity index is 1.70. The van der Waals surface area contributed by atoms with Crippen molar-refractivity contribution in [1.82, 2.24) is 0 Å². The fraction of sp³-hybridized carbons (Fsp3) is 0.500. The van der Waals surface area contributed by atoms with Crippen LogP contribution in [0.5, 0.6) is 0 Å². The molecule has 2 N–H and O–H groups in total. The fourth-order valence-corrected chi connectivity index (χ4v) is 5.09. The van der Waals surface area contributed by atoms with Gasteiger partial charge in [-0.3, -0.25) is 4.79 Å². The summed E-state index contributed by atoms with van der Waals surface area (Å²) in [7, 11) is 0. The van der Waals surface area contributed by atoms with Crippen LogP contribution < -0.4 is 0 Å². The molecule has 0 spiro atoms. The quantitative estimate of drug-likeness (QED) is 0.331. The van der Waals surface area contributed by atoms with Crippen molar-refractivity contribution in [3.05, 3.63) is 70.8 Å². The molecule has 0 heterocycles. The van der Waals surface area contributed by atoms with Crippen LogP contribution >= 0.6 is 11.6 Å². The number of hydrogen-bond acceptors (Lipinski definition) is 2. The Morgan fingerprint density at radius 3 is 2.33 bits per heavy atom. The van der Waals surface area contributed by atoms with Gasteiger partial charge in [0.05, 0.1) is 6.10 Å². The number of aliphatic hydroxyl groups is 1. The van der Waals surface area contributed by atoms with E-state index in [0.29, 0.717) is 12.3 Å². The highest BCUT2D eigenvalue weighted by Gasteiger charge is 2.36. The minimum atomic E-state index is -0.769. The first-order valence-electron chi connectivity index (χ1n) is 11.2. The van der Waals surface area contributed by atoms with Gasteiger partial charge in [-0.1, -0.05) is 74.7 Å². The maximum atomic E-state index is 10.8. The monoisotopic (exact) mass is 428 g/mol. The largest absolute Gasteiger partial charge is 0.481 e. The molecule has 0 radical (unpaired) electrons. The Bertz CT molecular complexity index is 800. The van der Waals surface area contributed by atoms with Gasteiger partial charge in [0.1, 0.15) is 0 Å². The van der Waals surface area contributed by atoms with E-state index in [4.69, 9.17) is 16.7 Å². The van der Waals surface area contributed by atoms with Gasteiger partial charge in [0, 0.05) is 17.7 Å². The molecule has 1 fully saturated rings. The molecule has 2 aromatic rings. The number of halogens is 1. The van der Waals surface area contributed by atoms with Gasteiger partial charge >= 0.3 is 5.97 Å². The zero-order valence-corrected chi connectivity index (χ0v) is 18.5. The molecular formula is C26H33ClO3. The highest BCUT2D eigenvalue weighted by Crippen LogP contribution is 2.48. The number of hydrogen-bond donors (Lipinski definition) is 2. The number of alkyl halides is 1. The van der Waals surface area contributed by atoms with Gasteiger partial charge in [-0.25, -0.2) is 0 Å². The third-order valence-corrected chi connectivity index (χ3v) is 6.89. The normalized spacial score (nSPS) is 22.2. The molecule has 0 amide bonds. The van der Waals surface area contributed by atoms with Gasteiger partial charge in [0.15, 0.2) is 0 Å². The van der Waals surface area contributed by atoms with Crippen molar-refractivity contribution >= 4 is 17.6 Å². The summed E-state index contributed by atoms with van der Waals surface area (Å²) >= 11 is 6.73. The smallest absolute Gasteiger partial charge is 0.303 e. The summed E-state index contributed by atoms with van der Waals surface area (Å²) in [6, 6.07) is 16.8. The molecule has 30 heavy (non-hydrogen) atoms. The molecule has 1 aliphatic rings. The van der Waals surface area contributed by atoms with Crippen LogP contribution in [-0.4, -0.2) is 21.6 Å². The predicted molar refractivity (Wildman–Crippen MR) is 122 cm³/mol. The lowest BCUT2D eigenvalue weighted by Crippen LogP contribution is -2.12. The number of aryl methyl sites for hydroxylation is 1. The second kappa shape index (κ2) is 11.0. The van der Waals surface area contributed by atoms with Gasteiger partial charge in [-0.15, -0.1) is 11.6 Å². The van der Waals surface area contributed by atoms with E-state index in [1.54, 1.807) is 0 Å². The third-order valence-electron chi connectivity index (χ3n) is 6.40. The zero-order valence-electron chi connectivity index (χ0n) is 17.8. The van der Waals surface area contributed by atoms with E-state index in [1.165, 1.54) is 11.1 Å². The third kappa shape index (κ3) is 5.86. The van der Waals surface area contributed by atoms with Crippen molar-refractivity contribution in [2.45, 2.75) is 81.6 Å². The molecule has 2 aromatic carbocycles. The number of carboxylic acid groups (broad SMARTS) is 1. The Hall–Kier alpha value is -1.84. The summed E-state index contributed by atoms with van der Waals surface area (Å²) in [5.41, 5.74) is 4.54.